The number of aliphatic hydroxyl groups is 1. The van der Waals surface area contributed by atoms with Crippen LogP contribution in [0.25, 0.3) is 0 Å². The lowest BCUT2D eigenvalue weighted by Crippen LogP contribution is -2.34. The Bertz CT molecular complexity index is 423. The number of hydrogen-bond donors (Lipinski definition) is 3. The maximum atomic E-state index is 11.4. The number of ether oxygens (including phenoxy) is 1. The van der Waals surface area contributed by atoms with Crippen molar-refractivity contribution in [2.75, 3.05) is 19.0 Å². The molecule has 0 saturated carbocycles. The molecule has 1 aromatic carbocycles. The first-order valence-corrected chi connectivity index (χ1v) is 5.40. The highest BCUT2D eigenvalue weighted by Crippen LogP contribution is 2.30. The van der Waals surface area contributed by atoms with Crippen molar-refractivity contribution in [2.24, 2.45) is 5.73 Å². The second-order valence-corrected chi connectivity index (χ2v) is 3.95. The molecule has 0 aliphatic heterocycles. The third-order valence-electron chi connectivity index (χ3n) is 2.28. The summed E-state index contributed by atoms with van der Waals surface area (Å²) < 4.78 is 5.04. The van der Waals surface area contributed by atoms with Gasteiger partial charge in [-0.3, -0.25) is 4.79 Å². The topological polar surface area (TPSA) is 84.6 Å². The molecule has 0 aliphatic carbocycles. The van der Waals surface area contributed by atoms with Crippen molar-refractivity contribution in [2.45, 2.75) is 13.0 Å². The summed E-state index contributed by atoms with van der Waals surface area (Å²) in [6.07, 6.45) is -1.23. The quantitative estimate of drug-likeness (QED) is 0.750. The van der Waals surface area contributed by atoms with Crippen LogP contribution >= 0.6 is 11.6 Å². The zero-order valence-corrected chi connectivity index (χ0v) is 10.4. The van der Waals surface area contributed by atoms with Crippen molar-refractivity contribution in [3.8, 4) is 5.75 Å². The van der Waals surface area contributed by atoms with Gasteiger partial charge in [0, 0.05) is 12.2 Å². The van der Waals surface area contributed by atoms with Crippen molar-refractivity contribution in [3.63, 3.8) is 0 Å². The summed E-state index contributed by atoms with van der Waals surface area (Å²) >= 11 is 5.93. The van der Waals surface area contributed by atoms with Crippen molar-refractivity contribution < 1.29 is 14.6 Å². The van der Waals surface area contributed by atoms with Gasteiger partial charge in [-0.05, 0) is 24.6 Å². The van der Waals surface area contributed by atoms with Gasteiger partial charge in [0.25, 0.3) is 5.91 Å². The van der Waals surface area contributed by atoms with E-state index in [1.807, 2.05) is 0 Å². The fourth-order valence-electron chi connectivity index (χ4n) is 1.27. The van der Waals surface area contributed by atoms with Gasteiger partial charge in [0.15, 0.2) is 0 Å². The van der Waals surface area contributed by atoms with E-state index in [2.05, 4.69) is 5.32 Å². The third kappa shape index (κ3) is 3.33. The van der Waals surface area contributed by atoms with E-state index in [9.17, 15) is 9.90 Å². The SMILES string of the molecule is COc1cc(C)c(NC(=O)C(O)CN)cc1Cl. The first-order valence-electron chi connectivity index (χ1n) is 5.02. The minimum atomic E-state index is -1.23. The van der Waals surface area contributed by atoms with Gasteiger partial charge in [0.1, 0.15) is 11.9 Å². The summed E-state index contributed by atoms with van der Waals surface area (Å²) in [5.74, 6) is -0.0293. The highest BCUT2D eigenvalue weighted by Gasteiger charge is 2.15. The molecule has 0 aromatic heterocycles. The Balaban J connectivity index is 2.92. The average Bonchev–Trinajstić information content (AvgIpc) is 2.32. The van der Waals surface area contributed by atoms with Crippen molar-refractivity contribution >= 4 is 23.2 Å². The van der Waals surface area contributed by atoms with E-state index >= 15 is 0 Å². The first-order chi connectivity index (χ1) is 7.99. The number of anilines is 1. The summed E-state index contributed by atoms with van der Waals surface area (Å²) in [6.45, 7) is 1.66. The summed E-state index contributed by atoms with van der Waals surface area (Å²) in [4.78, 5) is 11.4. The Labute approximate surface area is 105 Å². The number of aryl methyl sites for hydroxylation is 1. The molecule has 0 saturated heterocycles. The van der Waals surface area contributed by atoms with Gasteiger partial charge in [-0.15, -0.1) is 0 Å². The second kappa shape index (κ2) is 5.86. The Morgan fingerprint density at radius 3 is 2.82 bits per heavy atom. The number of hydrogen-bond acceptors (Lipinski definition) is 4. The molecular weight excluding hydrogens is 244 g/mol. The monoisotopic (exact) mass is 258 g/mol. The van der Waals surface area contributed by atoms with Crippen LogP contribution < -0.4 is 15.8 Å². The summed E-state index contributed by atoms with van der Waals surface area (Å²) in [5.41, 5.74) is 6.49. The Hall–Kier alpha value is -1.30. The van der Waals surface area contributed by atoms with Crippen molar-refractivity contribution in [3.05, 3.63) is 22.7 Å². The molecule has 0 fully saturated rings. The maximum absolute atomic E-state index is 11.4. The van der Waals surface area contributed by atoms with E-state index in [0.717, 1.165) is 5.56 Å². The van der Waals surface area contributed by atoms with Gasteiger partial charge < -0.3 is 20.9 Å². The number of halogens is 1. The van der Waals surface area contributed by atoms with E-state index in [1.165, 1.54) is 7.11 Å². The third-order valence-corrected chi connectivity index (χ3v) is 2.58. The molecular formula is C11H15ClN2O3. The Morgan fingerprint density at radius 2 is 2.29 bits per heavy atom. The highest BCUT2D eigenvalue weighted by atomic mass is 35.5. The van der Waals surface area contributed by atoms with Crippen LogP contribution in [0.2, 0.25) is 5.02 Å². The van der Waals surface area contributed by atoms with Crippen LogP contribution in [0.4, 0.5) is 5.69 Å². The molecule has 0 heterocycles. The van der Waals surface area contributed by atoms with Gasteiger partial charge in [0.05, 0.1) is 12.1 Å². The van der Waals surface area contributed by atoms with E-state index < -0.39 is 12.0 Å². The predicted octanol–water partition coefficient (Wildman–Crippen LogP) is 0.915. The van der Waals surface area contributed by atoms with Gasteiger partial charge in [-0.25, -0.2) is 0 Å². The number of rotatable bonds is 4. The smallest absolute Gasteiger partial charge is 0.254 e. The molecule has 17 heavy (non-hydrogen) atoms. The van der Waals surface area contributed by atoms with E-state index in [-0.39, 0.29) is 6.54 Å². The number of nitrogens with two attached hydrogens (primary N) is 1. The van der Waals surface area contributed by atoms with Gasteiger partial charge >= 0.3 is 0 Å². The number of carbonyl (C=O) groups is 1. The lowest BCUT2D eigenvalue weighted by molar-refractivity contribution is -0.123. The molecule has 1 rings (SSSR count). The fourth-order valence-corrected chi connectivity index (χ4v) is 1.51. The summed E-state index contributed by atoms with van der Waals surface area (Å²) in [7, 11) is 1.51. The van der Waals surface area contributed by atoms with Gasteiger partial charge in [-0.2, -0.15) is 0 Å². The largest absolute Gasteiger partial charge is 0.495 e. The van der Waals surface area contributed by atoms with Crippen LogP contribution in [0.1, 0.15) is 5.56 Å². The molecule has 1 aromatic rings. The summed E-state index contributed by atoms with van der Waals surface area (Å²) in [6, 6.07) is 3.27. The Morgan fingerprint density at radius 1 is 1.65 bits per heavy atom. The van der Waals surface area contributed by atoms with Crippen molar-refractivity contribution in [1.82, 2.24) is 0 Å². The normalized spacial score (nSPS) is 12.1. The van der Waals surface area contributed by atoms with Crippen LogP contribution in [-0.2, 0) is 4.79 Å². The minimum Gasteiger partial charge on any atom is -0.495 e. The molecule has 1 unspecified atom stereocenters. The predicted molar refractivity (Wildman–Crippen MR) is 66.4 cm³/mol. The van der Waals surface area contributed by atoms with Crippen LogP contribution in [0.5, 0.6) is 5.75 Å². The van der Waals surface area contributed by atoms with E-state index in [0.29, 0.717) is 16.5 Å². The zero-order valence-electron chi connectivity index (χ0n) is 9.66. The number of methoxy groups -OCH3 is 1. The van der Waals surface area contributed by atoms with Crippen LogP contribution in [-0.4, -0.2) is 30.8 Å². The molecule has 1 amide bonds. The lowest BCUT2D eigenvalue weighted by atomic mass is 10.2. The number of carbonyl (C=O) groups excluding carboxylic acids is 1. The molecule has 0 aliphatic rings. The molecule has 6 heteroatoms. The van der Waals surface area contributed by atoms with E-state index in [4.69, 9.17) is 22.1 Å². The van der Waals surface area contributed by atoms with Gasteiger partial charge in [0.2, 0.25) is 0 Å². The van der Waals surface area contributed by atoms with Crippen molar-refractivity contribution in [1.29, 1.82) is 0 Å². The maximum Gasteiger partial charge on any atom is 0.254 e. The number of amides is 1. The molecule has 94 valence electrons. The fraction of sp³-hybridized carbons (Fsp3) is 0.364. The van der Waals surface area contributed by atoms with Crippen LogP contribution in [0, 0.1) is 6.92 Å². The zero-order chi connectivity index (χ0) is 13.0. The van der Waals surface area contributed by atoms with Crippen LogP contribution in [0.15, 0.2) is 12.1 Å². The Kier molecular flexibility index (Phi) is 4.74. The minimum absolute atomic E-state index is 0.130. The van der Waals surface area contributed by atoms with E-state index in [1.54, 1.807) is 19.1 Å². The molecule has 1 atom stereocenters. The molecule has 0 spiro atoms. The lowest BCUT2D eigenvalue weighted by Gasteiger charge is -2.13. The number of nitrogens with one attached hydrogen (secondary N) is 1. The second-order valence-electron chi connectivity index (χ2n) is 3.54. The highest BCUT2D eigenvalue weighted by molar-refractivity contribution is 6.32. The molecule has 4 N–H and O–H groups in total. The molecule has 0 bridgehead atoms. The van der Waals surface area contributed by atoms with Crippen LogP contribution in [0.3, 0.4) is 0 Å². The summed E-state index contributed by atoms with van der Waals surface area (Å²) in [5, 5.41) is 12.2. The van der Waals surface area contributed by atoms with Gasteiger partial charge in [-0.1, -0.05) is 11.6 Å². The number of aliphatic hydroxyl groups excluding tert-OH is 1. The molecule has 5 nitrogen and oxygen atoms in total. The molecule has 0 radical (unpaired) electrons. The first kappa shape index (κ1) is 13.8. The standard InChI is InChI=1S/C11H15ClN2O3/c1-6-3-10(17-2)7(12)4-8(6)14-11(16)9(15)5-13/h3-4,9,15H,5,13H2,1-2H3,(H,14,16). The average molecular weight is 259 g/mol. The number of benzene rings is 1.